The van der Waals surface area contributed by atoms with E-state index in [9.17, 15) is 4.79 Å². The third-order valence-corrected chi connectivity index (χ3v) is 4.02. The highest BCUT2D eigenvalue weighted by Crippen LogP contribution is 2.30. The van der Waals surface area contributed by atoms with Gasteiger partial charge in [0.2, 0.25) is 5.91 Å². The van der Waals surface area contributed by atoms with Gasteiger partial charge < -0.3 is 10.6 Å². The summed E-state index contributed by atoms with van der Waals surface area (Å²) in [5, 5.41) is 6.12. The van der Waals surface area contributed by atoms with Crippen molar-refractivity contribution in [2.24, 2.45) is 11.8 Å². The van der Waals surface area contributed by atoms with Gasteiger partial charge in [0, 0.05) is 19.0 Å². The van der Waals surface area contributed by atoms with Crippen molar-refractivity contribution in [2.75, 3.05) is 20.1 Å². The van der Waals surface area contributed by atoms with E-state index < -0.39 is 0 Å². The number of nitrogens with one attached hydrogen (secondary N) is 2. The van der Waals surface area contributed by atoms with Gasteiger partial charge in [-0.2, -0.15) is 0 Å². The summed E-state index contributed by atoms with van der Waals surface area (Å²) in [6.07, 6.45) is 10.1. The zero-order chi connectivity index (χ0) is 13.2. The van der Waals surface area contributed by atoms with E-state index in [-0.39, 0.29) is 24.2 Å². The second-order valence-electron chi connectivity index (χ2n) is 5.62. The van der Waals surface area contributed by atoms with Crippen LogP contribution in [0.3, 0.4) is 0 Å². The number of hydrogen-bond donors (Lipinski definition) is 2. The lowest BCUT2D eigenvalue weighted by molar-refractivity contribution is -0.125. The second-order valence-corrected chi connectivity index (χ2v) is 5.62. The molecular formula is C15H31ClN2O. The van der Waals surface area contributed by atoms with Crippen molar-refractivity contribution in [3.63, 3.8) is 0 Å². The number of hydrogen-bond acceptors (Lipinski definition) is 2. The summed E-state index contributed by atoms with van der Waals surface area (Å²) in [6, 6.07) is 0. The van der Waals surface area contributed by atoms with Gasteiger partial charge in [-0.05, 0) is 25.8 Å². The highest BCUT2D eigenvalue weighted by atomic mass is 35.5. The summed E-state index contributed by atoms with van der Waals surface area (Å²) in [6.45, 7) is 3.78. The van der Waals surface area contributed by atoms with Gasteiger partial charge in [-0.25, -0.2) is 0 Å². The summed E-state index contributed by atoms with van der Waals surface area (Å²) in [5.41, 5.74) is 0. The van der Waals surface area contributed by atoms with Crippen LogP contribution < -0.4 is 10.6 Å². The van der Waals surface area contributed by atoms with E-state index in [4.69, 9.17) is 0 Å². The molecule has 1 aliphatic rings. The van der Waals surface area contributed by atoms with Crippen molar-refractivity contribution in [3.05, 3.63) is 0 Å². The average Bonchev–Trinajstić information content (AvgIpc) is 2.39. The normalized spacial score (nSPS) is 17.6. The molecule has 0 spiro atoms. The number of likely N-dealkylation sites (N-methyl/N-ethyl adjacent to an activating group) is 1. The third kappa shape index (κ3) is 7.78. The Bertz CT molecular complexity index is 230. The molecule has 1 unspecified atom stereocenters. The molecule has 0 aromatic heterocycles. The molecule has 19 heavy (non-hydrogen) atoms. The Hall–Kier alpha value is -0.280. The lowest BCUT2D eigenvalue weighted by Gasteiger charge is -2.26. The van der Waals surface area contributed by atoms with E-state index in [1.54, 1.807) is 0 Å². The molecule has 1 amide bonds. The van der Waals surface area contributed by atoms with Crippen LogP contribution in [0.5, 0.6) is 0 Å². The fourth-order valence-electron chi connectivity index (χ4n) is 2.98. The Morgan fingerprint density at radius 2 is 1.89 bits per heavy atom. The van der Waals surface area contributed by atoms with Gasteiger partial charge in [0.1, 0.15) is 0 Å². The molecule has 0 aliphatic heterocycles. The van der Waals surface area contributed by atoms with Crippen LogP contribution in [0, 0.1) is 11.8 Å². The first-order valence-corrected chi connectivity index (χ1v) is 7.70. The van der Waals surface area contributed by atoms with Gasteiger partial charge in [0.15, 0.2) is 0 Å². The summed E-state index contributed by atoms with van der Waals surface area (Å²) >= 11 is 0. The molecule has 0 heterocycles. The molecule has 0 bridgehead atoms. The van der Waals surface area contributed by atoms with E-state index in [0.29, 0.717) is 0 Å². The van der Waals surface area contributed by atoms with Crippen LogP contribution >= 0.6 is 12.4 Å². The number of rotatable bonds is 8. The first-order valence-electron chi connectivity index (χ1n) is 7.70. The van der Waals surface area contributed by atoms with Crippen LogP contribution in [0.25, 0.3) is 0 Å². The Morgan fingerprint density at radius 1 is 1.21 bits per heavy atom. The van der Waals surface area contributed by atoms with Crippen LogP contribution in [-0.2, 0) is 4.79 Å². The lowest BCUT2D eigenvalue weighted by atomic mass is 9.81. The van der Waals surface area contributed by atoms with E-state index in [1.807, 2.05) is 7.05 Å². The first-order chi connectivity index (χ1) is 8.77. The van der Waals surface area contributed by atoms with Crippen molar-refractivity contribution in [2.45, 2.75) is 58.3 Å². The zero-order valence-corrected chi connectivity index (χ0v) is 13.4. The molecule has 1 saturated carbocycles. The Kier molecular flexibility index (Phi) is 11.4. The third-order valence-electron chi connectivity index (χ3n) is 4.02. The SMILES string of the molecule is CCCC(CC1CCCCC1)C(=O)NCCNC.Cl. The van der Waals surface area contributed by atoms with E-state index in [0.717, 1.165) is 38.3 Å². The molecule has 1 aliphatic carbocycles. The van der Waals surface area contributed by atoms with Crippen molar-refractivity contribution in [1.82, 2.24) is 10.6 Å². The average molecular weight is 291 g/mol. The molecule has 1 atom stereocenters. The minimum Gasteiger partial charge on any atom is -0.355 e. The van der Waals surface area contributed by atoms with Crippen molar-refractivity contribution >= 4 is 18.3 Å². The standard InChI is InChI=1S/C15H30N2O.ClH/c1-3-7-14(15(18)17-11-10-16-2)12-13-8-5-4-6-9-13;/h13-14,16H,3-12H2,1-2H3,(H,17,18);1H. The van der Waals surface area contributed by atoms with Gasteiger partial charge in [-0.15, -0.1) is 12.4 Å². The second kappa shape index (κ2) is 11.5. The zero-order valence-electron chi connectivity index (χ0n) is 12.5. The quantitative estimate of drug-likeness (QED) is 0.674. The van der Waals surface area contributed by atoms with Crippen molar-refractivity contribution < 1.29 is 4.79 Å². The summed E-state index contributed by atoms with van der Waals surface area (Å²) in [5.74, 6) is 1.32. The molecule has 0 radical (unpaired) electrons. The predicted octanol–water partition coefficient (Wildman–Crippen LogP) is 3.13. The van der Waals surface area contributed by atoms with Gasteiger partial charge in [-0.1, -0.05) is 45.4 Å². The smallest absolute Gasteiger partial charge is 0.223 e. The number of amides is 1. The molecular weight excluding hydrogens is 260 g/mol. The summed E-state index contributed by atoms with van der Waals surface area (Å²) in [4.78, 5) is 12.1. The number of halogens is 1. The lowest BCUT2D eigenvalue weighted by Crippen LogP contribution is -2.36. The maximum atomic E-state index is 12.1. The van der Waals surface area contributed by atoms with Crippen LogP contribution in [-0.4, -0.2) is 26.0 Å². The van der Waals surface area contributed by atoms with Gasteiger partial charge in [0.25, 0.3) is 0 Å². The topological polar surface area (TPSA) is 41.1 Å². The molecule has 0 aromatic rings. The predicted molar refractivity (Wildman–Crippen MR) is 83.8 cm³/mol. The van der Waals surface area contributed by atoms with Gasteiger partial charge in [-0.3, -0.25) is 4.79 Å². The van der Waals surface area contributed by atoms with E-state index in [1.165, 1.54) is 32.1 Å². The molecule has 3 nitrogen and oxygen atoms in total. The molecule has 1 rings (SSSR count). The maximum Gasteiger partial charge on any atom is 0.223 e. The Labute approximate surface area is 124 Å². The van der Waals surface area contributed by atoms with Crippen molar-refractivity contribution in [3.8, 4) is 0 Å². The maximum absolute atomic E-state index is 12.1. The number of carbonyl (C=O) groups excluding carboxylic acids is 1. The highest BCUT2D eigenvalue weighted by Gasteiger charge is 2.23. The molecule has 0 aromatic carbocycles. The fraction of sp³-hybridized carbons (Fsp3) is 0.933. The monoisotopic (exact) mass is 290 g/mol. The van der Waals surface area contributed by atoms with Crippen LogP contribution in [0.1, 0.15) is 58.3 Å². The number of carbonyl (C=O) groups is 1. The van der Waals surface area contributed by atoms with Gasteiger partial charge in [0.05, 0.1) is 0 Å². The van der Waals surface area contributed by atoms with Crippen LogP contribution in [0.15, 0.2) is 0 Å². The minimum absolute atomic E-state index is 0. The van der Waals surface area contributed by atoms with Crippen molar-refractivity contribution in [1.29, 1.82) is 0 Å². The molecule has 2 N–H and O–H groups in total. The fourth-order valence-corrected chi connectivity index (χ4v) is 2.98. The van der Waals surface area contributed by atoms with E-state index in [2.05, 4.69) is 17.6 Å². The van der Waals surface area contributed by atoms with Gasteiger partial charge >= 0.3 is 0 Å². The molecule has 4 heteroatoms. The minimum atomic E-state index is 0. The molecule has 0 saturated heterocycles. The Morgan fingerprint density at radius 3 is 2.47 bits per heavy atom. The summed E-state index contributed by atoms with van der Waals surface area (Å²) in [7, 11) is 1.91. The van der Waals surface area contributed by atoms with E-state index >= 15 is 0 Å². The van der Waals surface area contributed by atoms with Crippen LogP contribution in [0.2, 0.25) is 0 Å². The molecule has 114 valence electrons. The van der Waals surface area contributed by atoms with Crippen LogP contribution in [0.4, 0.5) is 0 Å². The highest BCUT2D eigenvalue weighted by molar-refractivity contribution is 5.85. The Balaban J connectivity index is 0.00000324. The molecule has 1 fully saturated rings. The first kappa shape index (κ1) is 18.7. The summed E-state index contributed by atoms with van der Waals surface area (Å²) < 4.78 is 0. The largest absolute Gasteiger partial charge is 0.355 e.